The summed E-state index contributed by atoms with van der Waals surface area (Å²) >= 11 is 6.09. The van der Waals surface area contributed by atoms with Gasteiger partial charge in [-0.25, -0.2) is 0 Å². The second-order valence-corrected chi connectivity index (χ2v) is 4.99. The zero-order valence-corrected chi connectivity index (χ0v) is 10.5. The number of halogens is 1. The lowest BCUT2D eigenvalue weighted by atomic mass is 10.1. The summed E-state index contributed by atoms with van der Waals surface area (Å²) in [6, 6.07) is 6.30. The zero-order chi connectivity index (χ0) is 11.7. The molecule has 0 spiro atoms. The third-order valence-electron chi connectivity index (χ3n) is 3.55. The van der Waals surface area contributed by atoms with Crippen LogP contribution in [0.15, 0.2) is 18.2 Å². The van der Waals surface area contributed by atoms with Gasteiger partial charge in [-0.15, -0.1) is 0 Å². The molecule has 0 heterocycles. The van der Waals surface area contributed by atoms with Gasteiger partial charge in [-0.3, -0.25) is 0 Å². The Morgan fingerprint density at radius 2 is 2.19 bits per heavy atom. The first kappa shape index (κ1) is 11.7. The largest absolute Gasteiger partial charge is 0.392 e. The summed E-state index contributed by atoms with van der Waals surface area (Å²) in [6.07, 6.45) is 2.64. The van der Waals surface area contributed by atoms with Gasteiger partial charge in [0.15, 0.2) is 0 Å². The smallest absolute Gasteiger partial charge is 0.0716 e. The van der Waals surface area contributed by atoms with Crippen LogP contribution in [0.4, 0.5) is 5.69 Å². The highest BCUT2D eigenvalue weighted by Crippen LogP contribution is 2.37. The van der Waals surface area contributed by atoms with E-state index in [2.05, 4.69) is 18.9 Å². The van der Waals surface area contributed by atoms with E-state index in [1.807, 2.05) is 18.2 Å². The van der Waals surface area contributed by atoms with Gasteiger partial charge in [0, 0.05) is 29.4 Å². The lowest BCUT2D eigenvalue weighted by Crippen LogP contribution is -2.31. The van der Waals surface area contributed by atoms with Crippen LogP contribution >= 0.6 is 11.6 Å². The predicted octanol–water partition coefficient (Wildman–Crippen LogP) is 3.07. The van der Waals surface area contributed by atoms with Gasteiger partial charge in [0.1, 0.15) is 0 Å². The lowest BCUT2D eigenvalue weighted by Gasteiger charge is -2.29. The van der Waals surface area contributed by atoms with Crippen LogP contribution in [0.5, 0.6) is 0 Å². The maximum Gasteiger partial charge on any atom is 0.0716 e. The van der Waals surface area contributed by atoms with Gasteiger partial charge in [-0.2, -0.15) is 0 Å². The minimum atomic E-state index is -0.00324. The topological polar surface area (TPSA) is 23.5 Å². The fourth-order valence-electron chi connectivity index (χ4n) is 2.15. The Bertz CT molecular complexity index is 376. The van der Waals surface area contributed by atoms with Gasteiger partial charge in [0.25, 0.3) is 0 Å². The molecule has 0 amide bonds. The number of hydrogen-bond donors (Lipinski definition) is 1. The molecule has 1 fully saturated rings. The Balaban J connectivity index is 2.27. The number of rotatable bonds is 4. The number of anilines is 1. The van der Waals surface area contributed by atoms with Crippen molar-refractivity contribution < 1.29 is 5.11 Å². The molecule has 0 radical (unpaired) electrons. The molecule has 1 aromatic rings. The second kappa shape index (κ2) is 4.64. The molecule has 0 aliphatic heterocycles. The van der Waals surface area contributed by atoms with Gasteiger partial charge in [-0.1, -0.05) is 17.7 Å². The average molecular weight is 240 g/mol. The van der Waals surface area contributed by atoms with Gasteiger partial charge in [-0.05, 0) is 37.8 Å². The predicted molar refractivity (Wildman–Crippen MR) is 68.0 cm³/mol. The Labute approximate surface area is 102 Å². The van der Waals surface area contributed by atoms with E-state index in [4.69, 9.17) is 11.6 Å². The van der Waals surface area contributed by atoms with E-state index in [9.17, 15) is 5.11 Å². The average Bonchev–Trinajstić information content (AvgIpc) is 3.10. The summed E-state index contributed by atoms with van der Waals surface area (Å²) in [7, 11) is 2.08. The highest BCUT2D eigenvalue weighted by molar-refractivity contribution is 6.31. The molecule has 1 aromatic carbocycles. The van der Waals surface area contributed by atoms with Crippen molar-refractivity contribution in [1.82, 2.24) is 0 Å². The van der Waals surface area contributed by atoms with E-state index >= 15 is 0 Å². The van der Waals surface area contributed by atoms with Gasteiger partial charge < -0.3 is 10.0 Å². The van der Waals surface area contributed by atoms with Gasteiger partial charge in [0.2, 0.25) is 0 Å². The van der Waals surface area contributed by atoms with E-state index in [0.717, 1.165) is 17.2 Å². The van der Waals surface area contributed by atoms with E-state index in [0.29, 0.717) is 11.1 Å². The molecule has 1 N–H and O–H groups in total. The third kappa shape index (κ3) is 2.18. The first-order valence-electron chi connectivity index (χ1n) is 5.76. The van der Waals surface area contributed by atoms with Crippen molar-refractivity contribution in [2.45, 2.75) is 32.4 Å². The van der Waals surface area contributed by atoms with Crippen LogP contribution in [-0.2, 0) is 6.61 Å². The first-order valence-corrected chi connectivity index (χ1v) is 6.14. The maximum atomic E-state index is 9.37. The zero-order valence-electron chi connectivity index (χ0n) is 9.78. The van der Waals surface area contributed by atoms with Crippen molar-refractivity contribution in [2.75, 3.05) is 11.9 Å². The van der Waals surface area contributed by atoms with Crippen molar-refractivity contribution in [2.24, 2.45) is 5.92 Å². The second-order valence-electron chi connectivity index (χ2n) is 4.58. The van der Waals surface area contributed by atoms with Crippen LogP contribution in [-0.4, -0.2) is 18.2 Å². The van der Waals surface area contributed by atoms with Crippen molar-refractivity contribution >= 4 is 17.3 Å². The summed E-state index contributed by atoms with van der Waals surface area (Å²) in [5, 5.41) is 10.0. The molecule has 0 aromatic heterocycles. The molecule has 2 nitrogen and oxygen atoms in total. The fraction of sp³-hybridized carbons (Fsp3) is 0.538. The minimum Gasteiger partial charge on any atom is -0.392 e. The standard InChI is InChI=1S/C13H18ClNO/c1-9(10-6-7-10)15(2)13-5-3-4-12(14)11(13)8-16/h3-5,9-10,16H,6-8H2,1-2H3. The minimum absolute atomic E-state index is 0.00324. The quantitative estimate of drug-likeness (QED) is 0.873. The highest BCUT2D eigenvalue weighted by atomic mass is 35.5. The highest BCUT2D eigenvalue weighted by Gasteiger charge is 2.31. The van der Waals surface area contributed by atoms with Crippen LogP contribution in [0.25, 0.3) is 0 Å². The molecular weight excluding hydrogens is 222 g/mol. The molecule has 0 bridgehead atoms. The number of nitrogens with zero attached hydrogens (tertiary/aromatic N) is 1. The number of aliphatic hydroxyl groups is 1. The lowest BCUT2D eigenvalue weighted by molar-refractivity contribution is 0.282. The molecule has 88 valence electrons. The Kier molecular flexibility index (Phi) is 3.41. The van der Waals surface area contributed by atoms with E-state index in [1.54, 1.807) is 0 Å². The van der Waals surface area contributed by atoms with Crippen molar-refractivity contribution in [3.8, 4) is 0 Å². The Morgan fingerprint density at radius 3 is 2.75 bits per heavy atom. The van der Waals surface area contributed by atoms with Gasteiger partial charge >= 0.3 is 0 Å². The molecule has 1 unspecified atom stereocenters. The fourth-order valence-corrected chi connectivity index (χ4v) is 2.38. The van der Waals surface area contributed by atoms with Crippen molar-refractivity contribution in [1.29, 1.82) is 0 Å². The molecule has 16 heavy (non-hydrogen) atoms. The van der Waals surface area contributed by atoms with Crippen molar-refractivity contribution in [3.63, 3.8) is 0 Å². The molecule has 0 saturated heterocycles. The molecule has 1 aliphatic carbocycles. The Morgan fingerprint density at radius 1 is 1.50 bits per heavy atom. The Hall–Kier alpha value is -0.730. The number of benzene rings is 1. The summed E-state index contributed by atoms with van der Waals surface area (Å²) in [6.45, 7) is 2.23. The normalized spacial score (nSPS) is 17.2. The van der Waals surface area contributed by atoms with E-state index < -0.39 is 0 Å². The van der Waals surface area contributed by atoms with Crippen LogP contribution in [0.3, 0.4) is 0 Å². The van der Waals surface area contributed by atoms with Crippen LogP contribution < -0.4 is 4.90 Å². The van der Waals surface area contributed by atoms with Crippen LogP contribution in [0.1, 0.15) is 25.3 Å². The summed E-state index contributed by atoms with van der Waals surface area (Å²) in [4.78, 5) is 2.23. The molecule has 1 saturated carbocycles. The number of hydrogen-bond acceptors (Lipinski definition) is 2. The molecule has 1 aliphatic rings. The number of aliphatic hydroxyl groups excluding tert-OH is 1. The maximum absolute atomic E-state index is 9.37. The SMILES string of the molecule is CC(C1CC1)N(C)c1cccc(Cl)c1CO. The molecule has 2 rings (SSSR count). The molecular formula is C13H18ClNO. The van der Waals surface area contributed by atoms with E-state index in [-0.39, 0.29) is 6.61 Å². The monoisotopic (exact) mass is 239 g/mol. The van der Waals surface area contributed by atoms with Gasteiger partial charge in [0.05, 0.1) is 6.61 Å². The van der Waals surface area contributed by atoms with Crippen molar-refractivity contribution in [3.05, 3.63) is 28.8 Å². The summed E-state index contributed by atoms with van der Waals surface area (Å²) < 4.78 is 0. The molecule has 3 heteroatoms. The summed E-state index contributed by atoms with van der Waals surface area (Å²) in [5.41, 5.74) is 1.88. The van der Waals surface area contributed by atoms with Crippen LogP contribution in [0, 0.1) is 5.92 Å². The third-order valence-corrected chi connectivity index (χ3v) is 3.90. The van der Waals surface area contributed by atoms with E-state index in [1.165, 1.54) is 12.8 Å². The summed E-state index contributed by atoms with van der Waals surface area (Å²) in [5.74, 6) is 0.801. The molecule has 1 atom stereocenters. The van der Waals surface area contributed by atoms with Crippen LogP contribution in [0.2, 0.25) is 5.02 Å². The first-order chi connectivity index (χ1) is 7.65.